The number of nitrogens with zero attached hydrogens (tertiary/aromatic N) is 2. The van der Waals surface area contributed by atoms with Crippen molar-refractivity contribution in [1.29, 1.82) is 0 Å². The van der Waals surface area contributed by atoms with Crippen LogP contribution >= 0.6 is 11.6 Å². The van der Waals surface area contributed by atoms with Crippen LogP contribution in [0, 0.1) is 5.92 Å². The molecule has 7 nitrogen and oxygen atoms in total. The summed E-state index contributed by atoms with van der Waals surface area (Å²) < 4.78 is 26.7. The van der Waals surface area contributed by atoms with Crippen LogP contribution in [0.2, 0.25) is 5.02 Å². The van der Waals surface area contributed by atoms with Crippen molar-refractivity contribution in [2.75, 3.05) is 19.6 Å². The molecule has 2 aromatic carbocycles. The van der Waals surface area contributed by atoms with Gasteiger partial charge in [0.2, 0.25) is 21.8 Å². The molecule has 1 N–H and O–H groups in total. The highest BCUT2D eigenvalue weighted by atomic mass is 35.5. The Kier molecular flexibility index (Phi) is 8.15. The average Bonchev–Trinajstić information content (AvgIpc) is 3.16. The van der Waals surface area contributed by atoms with E-state index in [1.807, 2.05) is 25.1 Å². The summed E-state index contributed by atoms with van der Waals surface area (Å²) in [5, 5.41) is 3.55. The minimum absolute atomic E-state index is 0.0753. The Morgan fingerprint density at radius 2 is 1.79 bits per heavy atom. The Morgan fingerprint density at radius 3 is 2.39 bits per heavy atom. The summed E-state index contributed by atoms with van der Waals surface area (Å²) >= 11 is 6.20. The molecule has 33 heavy (non-hydrogen) atoms. The standard InChI is InChI=1S/C24H30ClN3O4S/c1-4-28(5-2)33(31,32)21-12-10-18(11-13-21)17(3)26-24(30)20-14-23(29)27(16-20)15-19-8-6-7-9-22(19)25/h6-13,17,20H,4-5,14-16H2,1-3H3,(H,26,30). The van der Waals surface area contributed by atoms with Crippen LogP contribution in [0.4, 0.5) is 0 Å². The number of benzene rings is 2. The number of hydrogen-bond donors (Lipinski definition) is 1. The highest BCUT2D eigenvalue weighted by Crippen LogP contribution is 2.25. The van der Waals surface area contributed by atoms with Gasteiger partial charge in [-0.2, -0.15) is 4.31 Å². The molecular weight excluding hydrogens is 462 g/mol. The SMILES string of the molecule is CCN(CC)S(=O)(=O)c1ccc(C(C)NC(=O)C2CC(=O)N(Cc3ccccc3Cl)C2)cc1. The van der Waals surface area contributed by atoms with Crippen LogP contribution in [0.3, 0.4) is 0 Å². The van der Waals surface area contributed by atoms with E-state index in [1.54, 1.807) is 49.1 Å². The minimum Gasteiger partial charge on any atom is -0.349 e. The summed E-state index contributed by atoms with van der Waals surface area (Å²) in [6.07, 6.45) is 0.157. The van der Waals surface area contributed by atoms with Crippen molar-refractivity contribution in [1.82, 2.24) is 14.5 Å². The largest absolute Gasteiger partial charge is 0.349 e. The molecule has 1 saturated heterocycles. The zero-order chi connectivity index (χ0) is 24.2. The molecule has 0 aliphatic carbocycles. The number of likely N-dealkylation sites (tertiary alicyclic amines) is 1. The van der Waals surface area contributed by atoms with Crippen molar-refractivity contribution < 1.29 is 18.0 Å². The molecule has 0 radical (unpaired) electrons. The van der Waals surface area contributed by atoms with Gasteiger partial charge in [-0.15, -0.1) is 0 Å². The predicted octanol–water partition coefficient (Wildman–Crippen LogP) is 3.60. The molecule has 9 heteroatoms. The maximum Gasteiger partial charge on any atom is 0.243 e. The third kappa shape index (κ3) is 5.75. The first kappa shape index (κ1) is 25.2. The molecular formula is C24H30ClN3O4S. The van der Waals surface area contributed by atoms with E-state index < -0.39 is 15.9 Å². The van der Waals surface area contributed by atoms with Crippen molar-refractivity contribution in [3.05, 3.63) is 64.7 Å². The quantitative estimate of drug-likeness (QED) is 0.580. The topological polar surface area (TPSA) is 86.8 Å². The highest BCUT2D eigenvalue weighted by molar-refractivity contribution is 7.89. The molecule has 1 aliphatic rings. The molecule has 2 unspecified atom stereocenters. The number of sulfonamides is 1. The van der Waals surface area contributed by atoms with E-state index in [-0.39, 0.29) is 29.2 Å². The summed E-state index contributed by atoms with van der Waals surface area (Å²) in [7, 11) is -3.53. The number of carbonyl (C=O) groups excluding carboxylic acids is 2. The number of nitrogens with one attached hydrogen (secondary N) is 1. The zero-order valence-electron chi connectivity index (χ0n) is 19.1. The second kappa shape index (κ2) is 10.7. The van der Waals surface area contributed by atoms with E-state index in [1.165, 1.54) is 4.31 Å². The fourth-order valence-electron chi connectivity index (χ4n) is 3.99. The molecule has 0 saturated carbocycles. The van der Waals surface area contributed by atoms with Gasteiger partial charge in [0.1, 0.15) is 0 Å². The summed E-state index contributed by atoms with van der Waals surface area (Å²) in [4.78, 5) is 27.1. The Morgan fingerprint density at radius 1 is 1.15 bits per heavy atom. The van der Waals surface area contributed by atoms with E-state index >= 15 is 0 Å². The molecule has 0 aromatic heterocycles. The predicted molar refractivity (Wildman–Crippen MR) is 128 cm³/mol. The normalized spacial score (nSPS) is 17.4. The minimum atomic E-state index is -3.53. The van der Waals surface area contributed by atoms with Gasteiger partial charge in [0.05, 0.1) is 16.9 Å². The smallest absolute Gasteiger partial charge is 0.243 e. The summed E-state index contributed by atoms with van der Waals surface area (Å²) in [5.74, 6) is -0.712. The van der Waals surface area contributed by atoms with E-state index in [4.69, 9.17) is 11.6 Å². The lowest BCUT2D eigenvalue weighted by Gasteiger charge is -2.20. The van der Waals surface area contributed by atoms with E-state index in [9.17, 15) is 18.0 Å². The fourth-order valence-corrected chi connectivity index (χ4v) is 5.64. The van der Waals surface area contributed by atoms with Crippen LogP contribution in [0.15, 0.2) is 53.4 Å². The van der Waals surface area contributed by atoms with Gasteiger partial charge < -0.3 is 10.2 Å². The molecule has 178 valence electrons. The summed E-state index contributed by atoms with van der Waals surface area (Å²) in [6.45, 7) is 6.96. The van der Waals surface area contributed by atoms with Crippen LogP contribution in [-0.2, 0) is 26.2 Å². The maximum absolute atomic E-state index is 12.8. The fraction of sp³-hybridized carbons (Fsp3) is 0.417. The molecule has 0 spiro atoms. The average molecular weight is 492 g/mol. The van der Waals surface area contributed by atoms with Crippen LogP contribution in [0.1, 0.15) is 44.4 Å². The van der Waals surface area contributed by atoms with E-state index in [0.717, 1.165) is 11.1 Å². The van der Waals surface area contributed by atoms with Gasteiger partial charge >= 0.3 is 0 Å². The number of hydrogen-bond acceptors (Lipinski definition) is 4. The van der Waals surface area contributed by atoms with Crippen molar-refractivity contribution in [3.8, 4) is 0 Å². The molecule has 1 heterocycles. The zero-order valence-corrected chi connectivity index (χ0v) is 20.7. The molecule has 0 bridgehead atoms. The Balaban J connectivity index is 1.61. The van der Waals surface area contributed by atoms with Crippen molar-refractivity contribution in [2.45, 2.75) is 44.7 Å². The summed E-state index contributed by atoms with van der Waals surface area (Å²) in [5.41, 5.74) is 1.64. The monoisotopic (exact) mass is 491 g/mol. The molecule has 1 aliphatic heterocycles. The van der Waals surface area contributed by atoms with E-state index in [2.05, 4.69) is 5.32 Å². The lowest BCUT2D eigenvalue weighted by atomic mass is 10.1. The third-order valence-electron chi connectivity index (χ3n) is 5.99. The van der Waals surface area contributed by atoms with Gasteiger partial charge in [0, 0.05) is 37.6 Å². The second-order valence-electron chi connectivity index (χ2n) is 8.16. The third-order valence-corrected chi connectivity index (χ3v) is 8.42. The van der Waals surface area contributed by atoms with Crippen molar-refractivity contribution in [3.63, 3.8) is 0 Å². The Labute approximate surface area is 200 Å². The Bertz CT molecular complexity index is 1100. The van der Waals surface area contributed by atoms with Crippen LogP contribution in [0.25, 0.3) is 0 Å². The highest BCUT2D eigenvalue weighted by Gasteiger charge is 2.35. The number of rotatable bonds is 9. The number of halogens is 1. The first-order chi connectivity index (χ1) is 15.7. The number of carbonyl (C=O) groups is 2. The first-order valence-corrected chi connectivity index (χ1v) is 12.9. The van der Waals surface area contributed by atoms with Gasteiger partial charge in [-0.3, -0.25) is 9.59 Å². The van der Waals surface area contributed by atoms with Crippen molar-refractivity contribution in [2.24, 2.45) is 5.92 Å². The van der Waals surface area contributed by atoms with Gasteiger partial charge in [-0.1, -0.05) is 55.8 Å². The molecule has 2 aromatic rings. The van der Waals surface area contributed by atoms with Crippen LogP contribution in [0.5, 0.6) is 0 Å². The molecule has 3 rings (SSSR count). The number of amides is 2. The second-order valence-corrected chi connectivity index (χ2v) is 10.5. The molecule has 2 atom stereocenters. The van der Waals surface area contributed by atoms with Gasteiger partial charge in [-0.25, -0.2) is 8.42 Å². The van der Waals surface area contributed by atoms with Gasteiger partial charge in [0.25, 0.3) is 0 Å². The molecule has 2 amide bonds. The van der Waals surface area contributed by atoms with E-state index in [0.29, 0.717) is 31.2 Å². The first-order valence-electron chi connectivity index (χ1n) is 11.1. The summed E-state index contributed by atoms with van der Waals surface area (Å²) in [6, 6.07) is 13.6. The van der Waals surface area contributed by atoms with Gasteiger partial charge in [0.15, 0.2) is 0 Å². The van der Waals surface area contributed by atoms with Gasteiger partial charge in [-0.05, 0) is 36.2 Å². The Hall–Kier alpha value is -2.42. The van der Waals surface area contributed by atoms with Crippen LogP contribution in [-0.4, -0.2) is 49.1 Å². The lowest BCUT2D eigenvalue weighted by Crippen LogP contribution is -2.34. The lowest BCUT2D eigenvalue weighted by molar-refractivity contribution is -0.129. The molecule has 1 fully saturated rings. The van der Waals surface area contributed by atoms with Crippen LogP contribution < -0.4 is 5.32 Å². The maximum atomic E-state index is 12.8. The van der Waals surface area contributed by atoms with Crippen molar-refractivity contribution >= 4 is 33.4 Å².